The Kier molecular flexibility index (Phi) is 6.53. The Labute approximate surface area is 181 Å². The summed E-state index contributed by atoms with van der Waals surface area (Å²) in [4.78, 5) is 27.3. The lowest BCUT2D eigenvalue weighted by Crippen LogP contribution is -2.30. The Hall–Kier alpha value is -3.48. The van der Waals surface area contributed by atoms with Gasteiger partial charge >= 0.3 is 0 Å². The van der Waals surface area contributed by atoms with Gasteiger partial charge in [-0.15, -0.1) is 0 Å². The fourth-order valence-electron chi connectivity index (χ4n) is 3.84. The number of amides is 1. The number of aliphatic hydroxyl groups excluding tert-OH is 1. The van der Waals surface area contributed by atoms with Gasteiger partial charge in [0, 0.05) is 12.1 Å². The van der Waals surface area contributed by atoms with Crippen molar-refractivity contribution < 1.29 is 29.3 Å². The van der Waals surface area contributed by atoms with E-state index in [0.717, 1.165) is 12.0 Å². The Morgan fingerprint density at radius 3 is 2.32 bits per heavy atom. The van der Waals surface area contributed by atoms with E-state index in [-0.39, 0.29) is 22.8 Å². The second kappa shape index (κ2) is 9.12. The molecule has 1 heterocycles. The van der Waals surface area contributed by atoms with Crippen molar-refractivity contribution in [2.45, 2.75) is 32.7 Å². The number of hydrogen-bond acceptors (Lipinski definition) is 6. The first-order valence-electron chi connectivity index (χ1n) is 10.1. The van der Waals surface area contributed by atoms with Gasteiger partial charge < -0.3 is 24.6 Å². The number of aliphatic hydroxyl groups is 1. The molecule has 0 aromatic heterocycles. The second-order valence-corrected chi connectivity index (χ2v) is 7.46. The molecule has 0 aliphatic carbocycles. The standard InChI is InChI=1S/C24H27NO6/c1-5-6-11-25-21(15-7-10-19(31-4)17(26)13-15)20(23(28)24(25)29)22(27)16-8-9-18(30-3)14(2)12-16/h7-10,12-13,21,26-27H,5-6,11H2,1-4H3/b22-20-. The molecule has 0 saturated carbocycles. The minimum absolute atomic E-state index is 0.00441. The number of aromatic hydroxyl groups is 1. The molecule has 1 unspecified atom stereocenters. The Balaban J connectivity index is 2.18. The second-order valence-electron chi connectivity index (χ2n) is 7.46. The normalized spacial score (nSPS) is 17.8. The van der Waals surface area contributed by atoms with Crippen LogP contribution in [0.15, 0.2) is 42.0 Å². The summed E-state index contributed by atoms with van der Waals surface area (Å²) in [6.45, 7) is 4.18. The van der Waals surface area contributed by atoms with Gasteiger partial charge in [0.1, 0.15) is 11.5 Å². The van der Waals surface area contributed by atoms with Crippen LogP contribution in [0, 0.1) is 6.92 Å². The molecule has 1 atom stereocenters. The van der Waals surface area contributed by atoms with Gasteiger partial charge in [-0.1, -0.05) is 19.4 Å². The Morgan fingerprint density at radius 2 is 1.74 bits per heavy atom. The predicted octanol–water partition coefficient (Wildman–Crippen LogP) is 3.94. The summed E-state index contributed by atoms with van der Waals surface area (Å²) in [6.07, 6.45) is 1.54. The molecule has 1 aliphatic rings. The van der Waals surface area contributed by atoms with E-state index in [9.17, 15) is 19.8 Å². The van der Waals surface area contributed by atoms with Gasteiger partial charge in [0.05, 0.1) is 25.8 Å². The van der Waals surface area contributed by atoms with Gasteiger partial charge in [-0.25, -0.2) is 0 Å². The molecule has 3 rings (SSSR count). The molecule has 2 N–H and O–H groups in total. The molecule has 31 heavy (non-hydrogen) atoms. The van der Waals surface area contributed by atoms with Crippen LogP contribution >= 0.6 is 0 Å². The van der Waals surface area contributed by atoms with Gasteiger partial charge in [-0.05, 0) is 54.8 Å². The van der Waals surface area contributed by atoms with Crippen molar-refractivity contribution in [2.24, 2.45) is 0 Å². The van der Waals surface area contributed by atoms with E-state index in [0.29, 0.717) is 29.8 Å². The molecular formula is C24H27NO6. The summed E-state index contributed by atoms with van der Waals surface area (Å²) in [5, 5.41) is 21.4. The third kappa shape index (κ3) is 4.08. The predicted molar refractivity (Wildman–Crippen MR) is 116 cm³/mol. The van der Waals surface area contributed by atoms with Crippen LogP contribution in [0.25, 0.3) is 5.76 Å². The number of phenolic OH excluding ortho intramolecular Hbond substituents is 1. The molecule has 1 fully saturated rings. The van der Waals surface area contributed by atoms with E-state index in [1.165, 1.54) is 18.1 Å². The topological polar surface area (TPSA) is 96.3 Å². The SMILES string of the molecule is CCCCN1C(=O)C(=O)/C(=C(\O)c2ccc(OC)c(C)c2)C1c1ccc(OC)c(O)c1. The number of phenols is 1. The summed E-state index contributed by atoms with van der Waals surface area (Å²) in [5.41, 5.74) is 1.70. The molecule has 1 saturated heterocycles. The van der Waals surface area contributed by atoms with Gasteiger partial charge in [-0.2, -0.15) is 0 Å². The lowest BCUT2D eigenvalue weighted by atomic mass is 9.94. The fraction of sp³-hybridized carbons (Fsp3) is 0.333. The Bertz CT molecular complexity index is 1040. The largest absolute Gasteiger partial charge is 0.507 e. The van der Waals surface area contributed by atoms with Gasteiger partial charge in [-0.3, -0.25) is 9.59 Å². The number of ketones is 1. The molecule has 0 bridgehead atoms. The molecule has 2 aromatic rings. The van der Waals surface area contributed by atoms with Gasteiger partial charge in [0.15, 0.2) is 11.5 Å². The number of rotatable bonds is 7. The number of carbonyl (C=O) groups excluding carboxylic acids is 2. The molecule has 0 radical (unpaired) electrons. The summed E-state index contributed by atoms with van der Waals surface area (Å²) < 4.78 is 10.4. The first-order chi connectivity index (χ1) is 14.8. The van der Waals surface area contributed by atoms with E-state index in [1.54, 1.807) is 37.4 Å². The molecule has 1 amide bonds. The third-order valence-corrected chi connectivity index (χ3v) is 5.48. The minimum atomic E-state index is -0.814. The number of unbranched alkanes of at least 4 members (excludes halogenated alkanes) is 1. The highest BCUT2D eigenvalue weighted by atomic mass is 16.5. The number of benzene rings is 2. The maximum absolute atomic E-state index is 13.0. The zero-order valence-corrected chi connectivity index (χ0v) is 18.1. The van der Waals surface area contributed by atoms with Crippen molar-refractivity contribution >= 4 is 17.4 Å². The Morgan fingerprint density at radius 1 is 1.06 bits per heavy atom. The van der Waals surface area contributed by atoms with Crippen LogP contribution in [-0.2, 0) is 9.59 Å². The molecule has 2 aromatic carbocycles. The van der Waals surface area contributed by atoms with Crippen molar-refractivity contribution in [2.75, 3.05) is 20.8 Å². The quantitative estimate of drug-likeness (QED) is 0.396. The molecule has 7 nitrogen and oxygen atoms in total. The van der Waals surface area contributed by atoms with E-state index < -0.39 is 17.7 Å². The van der Waals surface area contributed by atoms with E-state index >= 15 is 0 Å². The van der Waals surface area contributed by atoms with Crippen LogP contribution in [0.4, 0.5) is 0 Å². The first-order valence-corrected chi connectivity index (χ1v) is 10.1. The number of ether oxygens (including phenoxy) is 2. The number of nitrogens with zero attached hydrogens (tertiary/aromatic N) is 1. The average molecular weight is 425 g/mol. The van der Waals surface area contributed by atoms with E-state index in [2.05, 4.69) is 0 Å². The number of aryl methyl sites for hydroxylation is 1. The number of Topliss-reactive ketones (excluding diaryl/α,β-unsaturated/α-hetero) is 1. The van der Waals surface area contributed by atoms with Crippen LogP contribution in [-0.4, -0.2) is 47.6 Å². The van der Waals surface area contributed by atoms with Crippen LogP contribution in [0.1, 0.15) is 42.5 Å². The first kappa shape index (κ1) is 22.2. The number of hydrogen-bond donors (Lipinski definition) is 2. The van der Waals surface area contributed by atoms with Crippen LogP contribution in [0.2, 0.25) is 0 Å². The summed E-state index contributed by atoms with van der Waals surface area (Å²) in [5.74, 6) is -0.857. The maximum atomic E-state index is 13.0. The monoisotopic (exact) mass is 425 g/mol. The maximum Gasteiger partial charge on any atom is 0.295 e. The summed E-state index contributed by atoms with van der Waals surface area (Å²) in [7, 11) is 2.99. The van der Waals surface area contributed by atoms with Crippen LogP contribution in [0.3, 0.4) is 0 Å². The highest BCUT2D eigenvalue weighted by Gasteiger charge is 2.46. The van der Waals surface area contributed by atoms with Gasteiger partial charge in [0.25, 0.3) is 11.7 Å². The molecule has 0 spiro atoms. The third-order valence-electron chi connectivity index (χ3n) is 5.48. The lowest BCUT2D eigenvalue weighted by Gasteiger charge is -2.25. The average Bonchev–Trinajstić information content (AvgIpc) is 3.01. The van der Waals surface area contributed by atoms with Crippen molar-refractivity contribution in [1.82, 2.24) is 4.90 Å². The van der Waals surface area contributed by atoms with Crippen molar-refractivity contribution in [1.29, 1.82) is 0 Å². The highest BCUT2D eigenvalue weighted by Crippen LogP contribution is 2.42. The number of carbonyl (C=O) groups is 2. The van der Waals surface area contributed by atoms with E-state index in [1.807, 2.05) is 13.8 Å². The zero-order valence-electron chi connectivity index (χ0n) is 18.1. The van der Waals surface area contributed by atoms with Crippen molar-refractivity contribution in [3.63, 3.8) is 0 Å². The van der Waals surface area contributed by atoms with Crippen LogP contribution < -0.4 is 9.47 Å². The fourth-order valence-corrected chi connectivity index (χ4v) is 3.84. The molecule has 164 valence electrons. The molecule has 1 aliphatic heterocycles. The van der Waals surface area contributed by atoms with Crippen LogP contribution in [0.5, 0.6) is 17.2 Å². The summed E-state index contributed by atoms with van der Waals surface area (Å²) in [6, 6.07) is 8.94. The summed E-state index contributed by atoms with van der Waals surface area (Å²) >= 11 is 0. The zero-order chi connectivity index (χ0) is 22.7. The molecular weight excluding hydrogens is 398 g/mol. The lowest BCUT2D eigenvalue weighted by molar-refractivity contribution is -0.139. The minimum Gasteiger partial charge on any atom is -0.507 e. The van der Waals surface area contributed by atoms with E-state index in [4.69, 9.17) is 9.47 Å². The van der Waals surface area contributed by atoms with Crippen molar-refractivity contribution in [3.05, 3.63) is 58.7 Å². The highest BCUT2D eigenvalue weighted by molar-refractivity contribution is 6.46. The smallest absolute Gasteiger partial charge is 0.295 e. The number of methoxy groups -OCH3 is 2. The van der Waals surface area contributed by atoms with Crippen molar-refractivity contribution in [3.8, 4) is 17.2 Å². The molecule has 7 heteroatoms. The van der Waals surface area contributed by atoms with Gasteiger partial charge in [0.2, 0.25) is 0 Å². The number of likely N-dealkylation sites (tertiary alicyclic amines) is 1.